The zero-order valence-corrected chi connectivity index (χ0v) is 8.16. The Hall–Kier alpha value is -1.08. The SMILES string of the molecule is CCNCCC=Cc1ccccc1. The minimum absolute atomic E-state index is 1.05. The molecule has 0 aliphatic heterocycles. The fraction of sp³-hybridized carbons (Fsp3) is 0.333. The van der Waals surface area contributed by atoms with Crippen molar-refractivity contribution >= 4 is 6.08 Å². The minimum Gasteiger partial charge on any atom is -0.317 e. The predicted octanol–water partition coefficient (Wildman–Crippen LogP) is 2.70. The zero-order valence-electron chi connectivity index (χ0n) is 8.16. The van der Waals surface area contributed by atoms with Crippen LogP contribution in [0.15, 0.2) is 36.4 Å². The summed E-state index contributed by atoms with van der Waals surface area (Å²) in [6.07, 6.45) is 5.47. The van der Waals surface area contributed by atoms with Crippen LogP contribution in [0.2, 0.25) is 0 Å². The molecule has 70 valence electrons. The van der Waals surface area contributed by atoms with Crippen LogP contribution in [0.25, 0.3) is 6.08 Å². The second kappa shape index (κ2) is 6.44. The van der Waals surface area contributed by atoms with E-state index in [1.54, 1.807) is 0 Å². The van der Waals surface area contributed by atoms with Crippen molar-refractivity contribution in [2.24, 2.45) is 0 Å². The summed E-state index contributed by atoms with van der Waals surface area (Å²) in [4.78, 5) is 0. The molecule has 0 aliphatic carbocycles. The second-order valence-corrected chi connectivity index (χ2v) is 2.96. The van der Waals surface area contributed by atoms with Gasteiger partial charge in [0, 0.05) is 0 Å². The van der Waals surface area contributed by atoms with Gasteiger partial charge in [-0.25, -0.2) is 0 Å². The molecule has 0 saturated carbocycles. The lowest BCUT2D eigenvalue weighted by Gasteiger charge is -1.95. The average Bonchev–Trinajstić information content (AvgIpc) is 2.19. The van der Waals surface area contributed by atoms with E-state index in [2.05, 4.69) is 48.7 Å². The molecule has 0 fully saturated rings. The third-order valence-electron chi connectivity index (χ3n) is 1.85. The highest BCUT2D eigenvalue weighted by atomic mass is 14.8. The standard InChI is InChI=1S/C12H17N/c1-2-13-11-7-6-10-12-8-4-3-5-9-12/h3-6,8-10,13H,2,7,11H2,1H3. The molecule has 0 spiro atoms. The van der Waals surface area contributed by atoms with Crippen molar-refractivity contribution in [1.29, 1.82) is 0 Å². The van der Waals surface area contributed by atoms with E-state index in [1.807, 2.05) is 6.07 Å². The highest BCUT2D eigenvalue weighted by Gasteiger charge is 1.82. The van der Waals surface area contributed by atoms with Gasteiger partial charge in [0.05, 0.1) is 0 Å². The summed E-state index contributed by atoms with van der Waals surface area (Å²) in [5.74, 6) is 0. The molecular weight excluding hydrogens is 158 g/mol. The summed E-state index contributed by atoms with van der Waals surface area (Å²) in [5.41, 5.74) is 1.28. The Morgan fingerprint density at radius 3 is 2.69 bits per heavy atom. The number of nitrogens with one attached hydrogen (secondary N) is 1. The van der Waals surface area contributed by atoms with Gasteiger partial charge >= 0.3 is 0 Å². The molecule has 1 aromatic carbocycles. The van der Waals surface area contributed by atoms with Crippen molar-refractivity contribution in [3.05, 3.63) is 42.0 Å². The summed E-state index contributed by atoms with van der Waals surface area (Å²) in [5, 5.41) is 3.28. The molecule has 0 heterocycles. The molecule has 0 amide bonds. The molecule has 1 aromatic rings. The average molecular weight is 175 g/mol. The van der Waals surface area contributed by atoms with Gasteiger partial charge in [-0.2, -0.15) is 0 Å². The molecule has 0 bridgehead atoms. The maximum Gasteiger partial charge on any atom is -0.00143 e. The first-order valence-corrected chi connectivity index (χ1v) is 4.86. The minimum atomic E-state index is 1.05. The summed E-state index contributed by atoms with van der Waals surface area (Å²) in [6.45, 7) is 4.25. The molecular formula is C12H17N. The van der Waals surface area contributed by atoms with Gasteiger partial charge in [-0.05, 0) is 25.1 Å². The van der Waals surface area contributed by atoms with Gasteiger partial charge in [0.1, 0.15) is 0 Å². The van der Waals surface area contributed by atoms with E-state index in [0.717, 1.165) is 19.5 Å². The van der Waals surface area contributed by atoms with Gasteiger partial charge in [0.15, 0.2) is 0 Å². The summed E-state index contributed by atoms with van der Waals surface area (Å²) in [6, 6.07) is 10.4. The van der Waals surface area contributed by atoms with Crippen molar-refractivity contribution in [3.8, 4) is 0 Å². The largest absolute Gasteiger partial charge is 0.317 e. The third-order valence-corrected chi connectivity index (χ3v) is 1.85. The van der Waals surface area contributed by atoms with E-state index < -0.39 is 0 Å². The van der Waals surface area contributed by atoms with Gasteiger partial charge in [0.25, 0.3) is 0 Å². The van der Waals surface area contributed by atoms with Crippen LogP contribution in [0.5, 0.6) is 0 Å². The summed E-state index contributed by atoms with van der Waals surface area (Å²) in [7, 11) is 0. The van der Waals surface area contributed by atoms with Crippen LogP contribution in [0.1, 0.15) is 18.9 Å². The lowest BCUT2D eigenvalue weighted by atomic mass is 10.2. The molecule has 1 rings (SSSR count). The van der Waals surface area contributed by atoms with Gasteiger partial charge in [-0.3, -0.25) is 0 Å². The molecule has 13 heavy (non-hydrogen) atoms. The summed E-state index contributed by atoms with van der Waals surface area (Å²) < 4.78 is 0. The van der Waals surface area contributed by atoms with Crippen LogP contribution in [0, 0.1) is 0 Å². The lowest BCUT2D eigenvalue weighted by Crippen LogP contribution is -2.12. The van der Waals surface area contributed by atoms with Crippen LogP contribution in [-0.2, 0) is 0 Å². The number of benzene rings is 1. The van der Waals surface area contributed by atoms with E-state index in [-0.39, 0.29) is 0 Å². The Balaban J connectivity index is 2.25. The number of hydrogen-bond acceptors (Lipinski definition) is 1. The molecule has 0 aromatic heterocycles. The quantitative estimate of drug-likeness (QED) is 0.678. The maximum absolute atomic E-state index is 3.28. The van der Waals surface area contributed by atoms with Crippen LogP contribution >= 0.6 is 0 Å². The van der Waals surface area contributed by atoms with E-state index in [9.17, 15) is 0 Å². The smallest absolute Gasteiger partial charge is 0.00143 e. The van der Waals surface area contributed by atoms with Crippen LogP contribution in [0.3, 0.4) is 0 Å². The van der Waals surface area contributed by atoms with Crippen molar-refractivity contribution in [2.45, 2.75) is 13.3 Å². The molecule has 1 heteroatoms. The Morgan fingerprint density at radius 2 is 2.00 bits per heavy atom. The Labute approximate surface area is 80.5 Å². The highest BCUT2D eigenvalue weighted by molar-refractivity contribution is 5.48. The molecule has 0 atom stereocenters. The first-order valence-electron chi connectivity index (χ1n) is 4.86. The Bertz CT molecular complexity index is 239. The predicted molar refractivity (Wildman–Crippen MR) is 58.6 cm³/mol. The Kier molecular flexibility index (Phi) is 4.95. The van der Waals surface area contributed by atoms with Gasteiger partial charge in [0.2, 0.25) is 0 Å². The molecule has 0 saturated heterocycles. The molecule has 1 nitrogen and oxygen atoms in total. The molecule has 0 aliphatic rings. The third kappa shape index (κ3) is 4.48. The van der Waals surface area contributed by atoms with Gasteiger partial charge in [-0.15, -0.1) is 0 Å². The molecule has 0 radical (unpaired) electrons. The van der Waals surface area contributed by atoms with Crippen molar-refractivity contribution < 1.29 is 0 Å². The summed E-state index contributed by atoms with van der Waals surface area (Å²) >= 11 is 0. The maximum atomic E-state index is 3.28. The zero-order chi connectivity index (χ0) is 9.36. The number of hydrogen-bond donors (Lipinski definition) is 1. The van der Waals surface area contributed by atoms with Crippen molar-refractivity contribution in [1.82, 2.24) is 5.32 Å². The highest BCUT2D eigenvalue weighted by Crippen LogP contribution is 2.01. The second-order valence-electron chi connectivity index (χ2n) is 2.96. The van der Waals surface area contributed by atoms with Gasteiger partial charge < -0.3 is 5.32 Å². The van der Waals surface area contributed by atoms with E-state index in [0.29, 0.717) is 0 Å². The molecule has 1 N–H and O–H groups in total. The van der Waals surface area contributed by atoms with E-state index >= 15 is 0 Å². The Morgan fingerprint density at radius 1 is 1.23 bits per heavy atom. The normalized spacial score (nSPS) is 10.8. The molecule has 0 unspecified atom stereocenters. The van der Waals surface area contributed by atoms with Crippen LogP contribution in [-0.4, -0.2) is 13.1 Å². The first kappa shape index (κ1) is 10.0. The fourth-order valence-corrected chi connectivity index (χ4v) is 1.15. The van der Waals surface area contributed by atoms with Crippen LogP contribution in [0.4, 0.5) is 0 Å². The van der Waals surface area contributed by atoms with Crippen molar-refractivity contribution in [2.75, 3.05) is 13.1 Å². The number of rotatable bonds is 5. The first-order chi connectivity index (χ1) is 6.43. The topological polar surface area (TPSA) is 12.0 Å². The fourth-order valence-electron chi connectivity index (χ4n) is 1.15. The van der Waals surface area contributed by atoms with E-state index in [1.165, 1.54) is 5.56 Å². The van der Waals surface area contributed by atoms with Crippen LogP contribution < -0.4 is 5.32 Å². The van der Waals surface area contributed by atoms with Crippen molar-refractivity contribution in [3.63, 3.8) is 0 Å². The monoisotopic (exact) mass is 175 g/mol. The van der Waals surface area contributed by atoms with E-state index in [4.69, 9.17) is 0 Å². The van der Waals surface area contributed by atoms with Gasteiger partial charge in [-0.1, -0.05) is 49.4 Å². The lowest BCUT2D eigenvalue weighted by molar-refractivity contribution is 0.727.